The van der Waals surface area contributed by atoms with Crippen molar-refractivity contribution in [1.82, 2.24) is 4.90 Å². The molecule has 2 amide bonds. The minimum atomic E-state index is -1.07. The fourth-order valence-electron chi connectivity index (χ4n) is 4.01. The molecule has 27 heavy (non-hydrogen) atoms. The number of carbonyl (C=O) groups excluding carboxylic acids is 2. The number of nitrogens with zero attached hydrogens (tertiary/aromatic N) is 2. The molecule has 5 rings (SSSR count). The Kier molecular flexibility index (Phi) is 3.55. The Morgan fingerprint density at radius 2 is 1.96 bits per heavy atom. The van der Waals surface area contributed by atoms with Gasteiger partial charge in [0, 0.05) is 11.3 Å². The van der Waals surface area contributed by atoms with Crippen LogP contribution in [0.25, 0.3) is 0 Å². The van der Waals surface area contributed by atoms with Crippen molar-refractivity contribution in [1.29, 1.82) is 0 Å². The molecule has 0 saturated carbocycles. The number of thioether (sulfide) groups is 1. The van der Waals surface area contributed by atoms with Crippen molar-refractivity contribution in [3.8, 4) is 5.75 Å². The number of hydrogen-bond donors (Lipinski definition) is 1. The Hall–Kier alpha value is -2.80. The zero-order chi connectivity index (χ0) is 18.6. The average molecular weight is 379 g/mol. The van der Waals surface area contributed by atoms with Gasteiger partial charge in [0.05, 0.1) is 11.8 Å². The van der Waals surface area contributed by atoms with Gasteiger partial charge < -0.3 is 10.1 Å². The van der Waals surface area contributed by atoms with E-state index in [9.17, 15) is 9.59 Å². The van der Waals surface area contributed by atoms with E-state index in [1.165, 1.54) is 11.8 Å². The van der Waals surface area contributed by atoms with Crippen LogP contribution >= 0.6 is 11.8 Å². The lowest BCUT2D eigenvalue weighted by Crippen LogP contribution is -2.59. The number of ether oxygens (including phenoxy) is 1. The largest absolute Gasteiger partial charge is 0.465 e. The molecule has 3 heterocycles. The number of fused-ring (bicyclic) bond motifs is 6. The predicted molar refractivity (Wildman–Crippen MR) is 104 cm³/mol. The highest BCUT2D eigenvalue weighted by Gasteiger charge is 2.59. The second-order valence-electron chi connectivity index (χ2n) is 6.92. The smallest absolute Gasteiger partial charge is 0.239 e. The topological polar surface area (TPSA) is 71.0 Å². The molecular formula is C20H17N3O3S. The lowest BCUT2D eigenvalue weighted by atomic mass is 9.79. The van der Waals surface area contributed by atoms with E-state index < -0.39 is 17.7 Å². The van der Waals surface area contributed by atoms with Crippen molar-refractivity contribution < 1.29 is 14.3 Å². The Morgan fingerprint density at radius 3 is 2.78 bits per heavy atom. The van der Waals surface area contributed by atoms with Crippen molar-refractivity contribution in [3.05, 3.63) is 60.2 Å². The number of amides is 2. The van der Waals surface area contributed by atoms with Gasteiger partial charge in [-0.05, 0) is 25.1 Å². The van der Waals surface area contributed by atoms with Gasteiger partial charge in [-0.3, -0.25) is 14.5 Å². The molecule has 6 nitrogen and oxygen atoms in total. The molecule has 0 aromatic heterocycles. The lowest BCUT2D eigenvalue weighted by Gasteiger charge is -2.49. The SMILES string of the molecule is C[C@@]12N=C3SCC(=O)N3[C@H](c3ccccc3O1)[C@@H]2C(=O)Nc1ccccc1. The van der Waals surface area contributed by atoms with Crippen LogP contribution in [0.15, 0.2) is 59.6 Å². The molecule has 136 valence electrons. The van der Waals surface area contributed by atoms with E-state index in [-0.39, 0.29) is 11.8 Å². The summed E-state index contributed by atoms with van der Waals surface area (Å²) in [5, 5.41) is 3.59. The van der Waals surface area contributed by atoms with Gasteiger partial charge in [-0.2, -0.15) is 0 Å². The lowest BCUT2D eigenvalue weighted by molar-refractivity contribution is -0.139. The Bertz CT molecular complexity index is 977. The van der Waals surface area contributed by atoms with Gasteiger partial charge in [0.1, 0.15) is 11.7 Å². The maximum absolute atomic E-state index is 13.3. The minimum Gasteiger partial charge on any atom is -0.465 e. The summed E-state index contributed by atoms with van der Waals surface area (Å²) >= 11 is 1.40. The average Bonchev–Trinajstić information content (AvgIpc) is 3.01. The van der Waals surface area contributed by atoms with Crippen LogP contribution in [0.5, 0.6) is 5.75 Å². The predicted octanol–water partition coefficient (Wildman–Crippen LogP) is 3.04. The van der Waals surface area contributed by atoms with Crippen LogP contribution in [-0.2, 0) is 9.59 Å². The zero-order valence-electron chi connectivity index (χ0n) is 14.6. The first-order valence-corrected chi connectivity index (χ1v) is 9.74. The summed E-state index contributed by atoms with van der Waals surface area (Å²) in [6.45, 7) is 1.82. The van der Waals surface area contributed by atoms with Crippen molar-refractivity contribution >= 4 is 34.4 Å². The van der Waals surface area contributed by atoms with Crippen LogP contribution < -0.4 is 10.1 Å². The van der Waals surface area contributed by atoms with E-state index in [0.717, 1.165) is 5.56 Å². The van der Waals surface area contributed by atoms with E-state index in [0.29, 0.717) is 22.4 Å². The number of amidine groups is 1. The molecule has 1 N–H and O–H groups in total. The molecule has 0 aliphatic carbocycles. The molecule has 0 spiro atoms. The Morgan fingerprint density at radius 1 is 1.22 bits per heavy atom. The Balaban J connectivity index is 1.63. The van der Waals surface area contributed by atoms with Gasteiger partial charge in [0.25, 0.3) is 0 Å². The molecule has 1 saturated heterocycles. The first-order valence-electron chi connectivity index (χ1n) is 8.75. The summed E-state index contributed by atoms with van der Waals surface area (Å²) in [5.41, 5.74) is 0.474. The number of hydrogen-bond acceptors (Lipinski definition) is 5. The van der Waals surface area contributed by atoms with E-state index in [1.54, 1.807) is 4.90 Å². The fourth-order valence-corrected chi connectivity index (χ4v) is 5.00. The van der Waals surface area contributed by atoms with Gasteiger partial charge in [-0.1, -0.05) is 48.2 Å². The monoisotopic (exact) mass is 379 g/mol. The molecular weight excluding hydrogens is 362 g/mol. The fraction of sp³-hybridized carbons (Fsp3) is 0.250. The van der Waals surface area contributed by atoms with Gasteiger partial charge in [0.15, 0.2) is 5.17 Å². The molecule has 3 aliphatic heterocycles. The van der Waals surface area contributed by atoms with Gasteiger partial charge in [-0.15, -0.1) is 0 Å². The van der Waals surface area contributed by atoms with Crippen LogP contribution in [0.1, 0.15) is 18.5 Å². The molecule has 3 atom stereocenters. The number of aliphatic imine (C=N–C) groups is 1. The summed E-state index contributed by atoms with van der Waals surface area (Å²) in [4.78, 5) is 32.2. The van der Waals surface area contributed by atoms with E-state index >= 15 is 0 Å². The standard InChI is InChI=1S/C20H17N3O3S/c1-20-16(18(25)21-12-7-3-2-4-8-12)17(13-9-5-6-10-14(13)26-20)23-15(24)11-27-19(23)22-20/h2-10,16-17H,11H2,1H3,(H,21,25)/t16-,17-,20-/m1/s1. The molecule has 7 heteroatoms. The third-order valence-corrected chi connectivity index (χ3v) is 6.10. The zero-order valence-corrected chi connectivity index (χ0v) is 15.4. The van der Waals surface area contributed by atoms with Gasteiger partial charge in [0.2, 0.25) is 17.5 Å². The summed E-state index contributed by atoms with van der Waals surface area (Å²) < 4.78 is 6.21. The number of nitrogens with one attached hydrogen (secondary N) is 1. The van der Waals surface area contributed by atoms with Crippen LogP contribution in [-0.4, -0.2) is 33.4 Å². The van der Waals surface area contributed by atoms with Crippen molar-refractivity contribution in [2.45, 2.75) is 18.7 Å². The van der Waals surface area contributed by atoms with E-state index in [4.69, 9.17) is 9.73 Å². The molecule has 2 aromatic rings. The van der Waals surface area contributed by atoms with Crippen LogP contribution in [0, 0.1) is 5.92 Å². The van der Waals surface area contributed by atoms with Crippen LogP contribution in [0.3, 0.4) is 0 Å². The van der Waals surface area contributed by atoms with E-state index in [1.807, 2.05) is 61.5 Å². The molecule has 2 aromatic carbocycles. The summed E-state index contributed by atoms with van der Waals surface area (Å²) in [7, 11) is 0. The first kappa shape index (κ1) is 16.4. The highest BCUT2D eigenvalue weighted by atomic mass is 32.2. The first-order chi connectivity index (χ1) is 13.1. The van der Waals surface area contributed by atoms with Gasteiger partial charge in [-0.25, -0.2) is 4.99 Å². The minimum absolute atomic E-state index is 0.0278. The van der Waals surface area contributed by atoms with Crippen LogP contribution in [0.4, 0.5) is 5.69 Å². The Labute approximate surface area is 160 Å². The summed E-state index contributed by atoms with van der Waals surface area (Å²) in [5.74, 6) is 0.108. The highest BCUT2D eigenvalue weighted by Crippen LogP contribution is 2.52. The number of para-hydroxylation sites is 2. The molecule has 1 fully saturated rings. The second kappa shape index (κ2) is 5.85. The molecule has 0 unspecified atom stereocenters. The quantitative estimate of drug-likeness (QED) is 0.871. The molecule has 2 bridgehead atoms. The van der Waals surface area contributed by atoms with Crippen molar-refractivity contribution in [2.75, 3.05) is 11.1 Å². The number of rotatable bonds is 2. The molecule has 3 aliphatic rings. The van der Waals surface area contributed by atoms with Crippen molar-refractivity contribution in [3.63, 3.8) is 0 Å². The number of anilines is 1. The third-order valence-electron chi connectivity index (χ3n) is 5.17. The second-order valence-corrected chi connectivity index (χ2v) is 7.86. The summed E-state index contributed by atoms with van der Waals surface area (Å²) in [6.07, 6.45) is 0. The normalized spacial score (nSPS) is 28.0. The number of benzene rings is 2. The maximum atomic E-state index is 13.3. The molecule has 0 radical (unpaired) electrons. The summed E-state index contributed by atoms with van der Waals surface area (Å²) in [6, 6.07) is 16.4. The number of carbonyl (C=O) groups is 2. The van der Waals surface area contributed by atoms with E-state index in [2.05, 4.69) is 5.32 Å². The maximum Gasteiger partial charge on any atom is 0.239 e. The highest BCUT2D eigenvalue weighted by molar-refractivity contribution is 8.15. The third kappa shape index (κ3) is 2.45. The van der Waals surface area contributed by atoms with Gasteiger partial charge >= 0.3 is 0 Å². The van der Waals surface area contributed by atoms with Crippen LogP contribution in [0.2, 0.25) is 0 Å². The van der Waals surface area contributed by atoms with Crippen molar-refractivity contribution in [2.24, 2.45) is 10.9 Å².